The van der Waals surface area contributed by atoms with Crippen molar-refractivity contribution in [1.82, 2.24) is 87.6 Å². The molecule has 15 atom stereocenters. The van der Waals surface area contributed by atoms with Crippen LogP contribution in [0.5, 0.6) is 5.75 Å². The lowest BCUT2D eigenvalue weighted by Gasteiger charge is -2.36. The third-order valence-electron chi connectivity index (χ3n) is 23.7. The first-order valence-corrected chi connectivity index (χ1v) is 45.3. The number of aliphatic hydroxyl groups is 1. The number of primary amides is 3. The summed E-state index contributed by atoms with van der Waals surface area (Å²) < 4.78 is 0. The summed E-state index contributed by atoms with van der Waals surface area (Å²) in [7, 11) is 3.71. The molecule has 0 bridgehead atoms. The monoisotopic (exact) mass is 1890 g/mol. The average Bonchev–Trinajstić information content (AvgIpc) is 1.55. The van der Waals surface area contributed by atoms with Gasteiger partial charge < -0.3 is 131 Å². The Labute approximate surface area is 775 Å². The van der Waals surface area contributed by atoms with Crippen LogP contribution in [0.25, 0.3) is 21.8 Å². The van der Waals surface area contributed by atoms with Gasteiger partial charge in [-0.1, -0.05) is 88.1 Å². The standard InChI is InChI=1S/C88H121N21O24S/c1-7-9-20-65-81(126)98-57(29-32-74(118)119)78(123)104-64(76(121)95-42-71(92)114)44-134-45-72(115)96-60(34-47-23-25-50(110)26-24-47)84(129)105(4)46(3)75(120)101-62(38-70(91)113)87(132)108-33-15-22-66(108)82(127)103-63(39-89)80(125)99-58(27-30-69(90)112)86(131)109-43-51(111)37-68(109)83(128)100-59(35-48-40-93-54-18-13-11-16-52(48)54)79(124)97-56(28-31-73(116)117)77(122)102-61(36-49-41-94-55-19-14-12-17-53(49)55)85(130)107(6)67(21-10-8-2)88(133)106(65)5/h11-14,16-19,23-26,40-41,46,51,56-68,93-94,110-111H,7-10,15,20-22,27-39,42-45,89H2,1-6H3,(H2,90,112)(H2,91,113)(H2,92,114)(H,95,121)(H,96,115)(H,97,124)(H,98,126)(H,99,125)(H,100,128)(H,101,120)(H,102,122)(H,103,127)(H,104,123)(H,116,117)(H,118,119)/t46-,51+,56-,57-,58-,59-,60-,61-,62-,63-,64-,65-,66-,67-,68-/m0/s1. The maximum absolute atomic E-state index is 15.8. The van der Waals surface area contributed by atoms with Crippen molar-refractivity contribution in [1.29, 1.82) is 0 Å². The summed E-state index contributed by atoms with van der Waals surface area (Å²) in [6, 6.07) is -4.40. The van der Waals surface area contributed by atoms with Gasteiger partial charge in [-0.05, 0) is 92.8 Å². The van der Waals surface area contributed by atoms with Gasteiger partial charge in [0.1, 0.15) is 90.3 Å². The Kier molecular flexibility index (Phi) is 39.5. The zero-order chi connectivity index (χ0) is 98.5. The highest BCUT2D eigenvalue weighted by atomic mass is 32.2. The number of carbonyl (C=O) groups is 20. The quantitative estimate of drug-likeness (QED) is 0.0237. The number of carboxylic acids is 2. The van der Waals surface area contributed by atoms with E-state index in [2.05, 4.69) is 63.1 Å². The van der Waals surface area contributed by atoms with Crippen molar-refractivity contribution in [2.45, 2.75) is 233 Å². The highest BCUT2D eigenvalue weighted by Gasteiger charge is 2.47. The molecule has 3 aliphatic rings. The van der Waals surface area contributed by atoms with E-state index in [9.17, 15) is 82.8 Å². The van der Waals surface area contributed by atoms with Crippen molar-refractivity contribution >= 4 is 152 Å². The summed E-state index contributed by atoms with van der Waals surface area (Å²) in [5, 5.41) is 68.1. The smallest absolute Gasteiger partial charge is 0.303 e. The van der Waals surface area contributed by atoms with Gasteiger partial charge in [-0.15, -0.1) is 11.8 Å². The lowest BCUT2D eigenvalue weighted by molar-refractivity contribution is -0.149. The molecule has 8 rings (SSSR count). The second kappa shape index (κ2) is 50.2. The molecule has 0 aliphatic carbocycles. The summed E-state index contributed by atoms with van der Waals surface area (Å²) in [6.07, 6.45) is -3.69. The minimum Gasteiger partial charge on any atom is -0.508 e. The van der Waals surface area contributed by atoms with Gasteiger partial charge in [0.15, 0.2) is 0 Å². The summed E-state index contributed by atoms with van der Waals surface area (Å²) >= 11 is 0.686. The first kappa shape index (κ1) is 106. The molecule has 5 aromatic rings. The zero-order valence-corrected chi connectivity index (χ0v) is 76.1. The number of aliphatic carboxylic acids is 2. The number of phenols is 1. The number of rotatable bonds is 27. The van der Waals surface area contributed by atoms with Crippen molar-refractivity contribution in [3.05, 3.63) is 102 Å². The van der Waals surface area contributed by atoms with E-state index in [1.165, 1.54) is 58.5 Å². The number of benzene rings is 3. The largest absolute Gasteiger partial charge is 0.508 e. The molecule has 5 heterocycles. The molecule has 3 saturated heterocycles. The summed E-state index contributed by atoms with van der Waals surface area (Å²) in [5.41, 5.74) is 25.1. The zero-order valence-electron chi connectivity index (χ0n) is 75.3. The average molecular weight is 1890 g/mol. The molecule has 0 spiro atoms. The Morgan fingerprint density at radius 1 is 0.485 bits per heavy atom. The van der Waals surface area contributed by atoms with Crippen LogP contribution >= 0.6 is 11.8 Å². The number of aromatic nitrogens is 2. The van der Waals surface area contributed by atoms with Crippen LogP contribution in [0.15, 0.2) is 85.2 Å². The van der Waals surface area contributed by atoms with Crippen LogP contribution in [0.4, 0.5) is 0 Å². The fraction of sp³-hybridized carbons (Fsp3) is 0.523. The Morgan fingerprint density at radius 2 is 0.970 bits per heavy atom. The van der Waals surface area contributed by atoms with Gasteiger partial charge in [-0.25, -0.2) is 0 Å². The molecule has 0 radical (unpaired) electrons. The number of likely N-dealkylation sites (N-methyl/N-ethyl adjacent to an activating group) is 3. The van der Waals surface area contributed by atoms with Gasteiger partial charge in [0, 0.05) is 126 Å². The van der Waals surface area contributed by atoms with Crippen LogP contribution in [-0.2, 0) is 115 Å². The third kappa shape index (κ3) is 29.6. The number of nitrogens with zero attached hydrogens (tertiary/aromatic N) is 5. The van der Waals surface area contributed by atoms with E-state index in [0.717, 1.165) is 24.5 Å². The molecule has 3 fully saturated rings. The van der Waals surface area contributed by atoms with Gasteiger partial charge in [-0.2, -0.15) is 0 Å². The van der Waals surface area contributed by atoms with E-state index in [1.54, 1.807) is 68.6 Å². The molecule has 24 N–H and O–H groups in total. The maximum atomic E-state index is 15.8. The van der Waals surface area contributed by atoms with E-state index in [-0.39, 0.29) is 63.7 Å². The number of unbranched alkanes of at least 4 members (excludes halogenated alkanes) is 2. The van der Waals surface area contributed by atoms with Crippen LogP contribution in [0.3, 0.4) is 0 Å². The number of aliphatic hydroxyl groups excluding tert-OH is 1. The fourth-order valence-corrected chi connectivity index (χ4v) is 17.0. The number of thioether (sulfide) groups is 1. The Hall–Kier alpha value is -13.8. The summed E-state index contributed by atoms with van der Waals surface area (Å²) in [4.78, 5) is 297. The van der Waals surface area contributed by atoms with Crippen molar-refractivity contribution < 1.29 is 116 Å². The number of amides is 18. The molecule has 45 nitrogen and oxygen atoms in total. The molecular formula is C88H121N21O24S. The van der Waals surface area contributed by atoms with Gasteiger partial charge in [-0.3, -0.25) is 95.9 Å². The summed E-state index contributed by atoms with van der Waals surface area (Å²) in [5.74, 6) is -23.0. The van der Waals surface area contributed by atoms with Crippen LogP contribution in [-0.4, -0.2) is 323 Å². The Bertz CT molecular complexity index is 5130. The lowest BCUT2D eigenvalue weighted by Crippen LogP contribution is -2.61. The highest BCUT2D eigenvalue weighted by Crippen LogP contribution is 2.28. The van der Waals surface area contributed by atoms with Crippen LogP contribution in [0.1, 0.15) is 140 Å². The molecule has 134 heavy (non-hydrogen) atoms. The number of H-pyrrole nitrogens is 2. The van der Waals surface area contributed by atoms with E-state index in [4.69, 9.17) is 22.9 Å². The molecule has 0 unspecified atom stereocenters. The Morgan fingerprint density at radius 3 is 1.54 bits per heavy atom. The molecule has 2 aromatic heterocycles. The number of aromatic hydroxyl groups is 1. The van der Waals surface area contributed by atoms with Gasteiger partial charge >= 0.3 is 11.9 Å². The first-order valence-electron chi connectivity index (χ1n) is 44.2. The molecule has 3 aromatic carbocycles. The number of carbonyl (C=O) groups excluding carboxylic acids is 18. The minimum absolute atomic E-state index is 0.0863. The van der Waals surface area contributed by atoms with E-state index in [0.29, 0.717) is 63.1 Å². The van der Waals surface area contributed by atoms with Crippen LogP contribution < -0.4 is 76.1 Å². The van der Waals surface area contributed by atoms with Crippen molar-refractivity contribution in [3.63, 3.8) is 0 Å². The second-order valence-corrected chi connectivity index (χ2v) is 34.5. The highest BCUT2D eigenvalue weighted by molar-refractivity contribution is 8.00. The number of aromatic amines is 2. The van der Waals surface area contributed by atoms with Crippen LogP contribution in [0, 0.1) is 0 Å². The normalized spacial score (nSPS) is 24.8. The number of hydrogen-bond acceptors (Lipinski definition) is 24. The molecule has 0 saturated carbocycles. The predicted molar refractivity (Wildman–Crippen MR) is 483 cm³/mol. The van der Waals surface area contributed by atoms with E-state index < -0.39 is 298 Å². The number of nitrogens with one attached hydrogen (secondary N) is 12. The van der Waals surface area contributed by atoms with Crippen LogP contribution in [0.2, 0.25) is 0 Å². The number of carboxylic acid groups (broad SMARTS) is 2. The molecule has 728 valence electrons. The van der Waals surface area contributed by atoms with Gasteiger partial charge in [0.25, 0.3) is 0 Å². The second-order valence-electron chi connectivity index (χ2n) is 33.5. The van der Waals surface area contributed by atoms with Gasteiger partial charge in [0.2, 0.25) is 106 Å². The SMILES string of the molecule is CCCC[C@H]1C(=O)N(C)[C@@H](CCCC)C(=O)N[C@@H](CCC(=O)O)C(=O)N[C@H](C(=O)NCC(N)=O)CSCC(=O)N[C@@H](Cc2ccc(O)cc2)C(=O)N(C)[C@@H](C)C(=O)N[C@@H](CC(N)=O)C(=O)N2CCC[C@H]2C(=O)N[C@@H](CN)C(=O)N[C@@H](CCC(N)=O)C(=O)N2C[C@H](O)C[C@H]2C(=O)N[C@@H](Cc2c[nH]c3ccccc23)C(=O)N[C@@H](CCC(=O)O)C(=O)N[C@@H](Cc2c[nH]c3ccccc23)C(=O)N1C. The first-order chi connectivity index (χ1) is 63.6. The number of para-hydroxylation sites is 2. The molecule has 18 amide bonds. The lowest BCUT2D eigenvalue weighted by atomic mass is 9.99. The molecule has 46 heteroatoms. The maximum Gasteiger partial charge on any atom is 0.303 e. The number of hydrogen-bond donors (Lipinski definition) is 20. The minimum atomic E-state index is -1.88. The third-order valence-corrected chi connectivity index (χ3v) is 24.7. The predicted octanol–water partition coefficient (Wildman–Crippen LogP) is -4.24. The molecule has 3 aliphatic heterocycles. The van der Waals surface area contributed by atoms with Crippen molar-refractivity contribution in [2.75, 3.05) is 58.8 Å². The van der Waals surface area contributed by atoms with Crippen molar-refractivity contribution in [2.24, 2.45) is 22.9 Å². The number of phenolic OH excluding ortho intramolecular Hbond substituents is 1. The van der Waals surface area contributed by atoms with Gasteiger partial charge in [0.05, 0.1) is 24.8 Å². The molecular weight excluding hydrogens is 1770 g/mol. The number of nitrogens with two attached hydrogens (primary N) is 4. The summed E-state index contributed by atoms with van der Waals surface area (Å²) in [6.45, 7) is 2.53. The van der Waals surface area contributed by atoms with E-state index >= 15 is 33.6 Å². The fourth-order valence-electron chi connectivity index (χ4n) is 16.1. The van der Waals surface area contributed by atoms with Crippen molar-refractivity contribution in [3.8, 4) is 5.75 Å². The Balaban J connectivity index is 1.21. The topological polar surface area (TPSA) is 694 Å². The number of fused-ring (bicyclic) bond motifs is 4. The van der Waals surface area contributed by atoms with E-state index in [1.807, 2.05) is 0 Å².